The summed E-state index contributed by atoms with van der Waals surface area (Å²) < 4.78 is 19.5. The normalized spacial score (nSPS) is 16.3. The molecular weight excluding hydrogens is 339 g/mol. The first kappa shape index (κ1) is 16.1. The molecule has 4 nitrogen and oxygen atoms in total. The summed E-state index contributed by atoms with van der Waals surface area (Å²) in [5.74, 6) is -0.571. The van der Waals surface area contributed by atoms with Crippen LogP contribution in [0.4, 0.5) is 4.39 Å². The first-order valence-corrected chi connectivity index (χ1v) is 7.65. The van der Waals surface area contributed by atoms with Crippen LogP contribution >= 0.6 is 15.9 Å². The van der Waals surface area contributed by atoms with E-state index in [4.69, 9.17) is 4.74 Å². The van der Waals surface area contributed by atoms with Gasteiger partial charge in [-0.1, -0.05) is 15.9 Å². The summed E-state index contributed by atoms with van der Waals surface area (Å²) in [6.45, 7) is 4.66. The van der Waals surface area contributed by atoms with Crippen LogP contribution in [-0.4, -0.2) is 50.2 Å². The summed E-state index contributed by atoms with van der Waals surface area (Å²) in [7, 11) is 0. The van der Waals surface area contributed by atoms with E-state index in [9.17, 15) is 9.18 Å². The lowest BCUT2D eigenvalue weighted by Crippen LogP contribution is -2.41. The molecule has 0 aliphatic carbocycles. The average molecular weight is 357 g/mol. The third kappa shape index (κ3) is 5.57. The lowest BCUT2D eigenvalue weighted by atomic mass is 10.2. The fourth-order valence-corrected chi connectivity index (χ4v) is 2.41. The highest BCUT2D eigenvalue weighted by Crippen LogP contribution is 2.16. The van der Waals surface area contributed by atoms with Gasteiger partial charge in [0.1, 0.15) is 5.82 Å². The van der Waals surface area contributed by atoms with Crippen molar-refractivity contribution >= 4 is 27.9 Å². The van der Waals surface area contributed by atoms with Gasteiger partial charge in [0.15, 0.2) is 0 Å². The summed E-state index contributed by atoms with van der Waals surface area (Å²) in [5, 5.41) is 2.79. The summed E-state index contributed by atoms with van der Waals surface area (Å²) in [4.78, 5) is 13.9. The molecule has 1 aliphatic heterocycles. The third-order valence-corrected chi connectivity index (χ3v) is 3.70. The molecule has 1 amide bonds. The van der Waals surface area contributed by atoms with Crippen LogP contribution in [0.5, 0.6) is 0 Å². The number of ether oxygens (including phenoxy) is 1. The largest absolute Gasteiger partial charge is 0.379 e. The van der Waals surface area contributed by atoms with Crippen molar-refractivity contribution in [3.05, 3.63) is 40.1 Å². The third-order valence-electron chi connectivity index (χ3n) is 3.20. The molecule has 1 aromatic rings. The number of carbonyl (C=O) groups excluding carboxylic acids is 1. The molecule has 114 valence electrons. The van der Waals surface area contributed by atoms with Crippen molar-refractivity contribution in [2.24, 2.45) is 0 Å². The van der Waals surface area contributed by atoms with Gasteiger partial charge in [-0.05, 0) is 24.3 Å². The molecule has 0 bridgehead atoms. The van der Waals surface area contributed by atoms with Gasteiger partial charge in [0.05, 0.1) is 13.2 Å². The molecule has 6 heteroatoms. The second-order valence-corrected chi connectivity index (χ2v) is 5.66. The van der Waals surface area contributed by atoms with Gasteiger partial charge >= 0.3 is 0 Å². The SMILES string of the molecule is O=C(/C=C/c1cc(Br)ccc1F)NCCN1CCOCC1. The van der Waals surface area contributed by atoms with Gasteiger partial charge in [-0.25, -0.2) is 4.39 Å². The monoisotopic (exact) mass is 356 g/mol. The molecule has 1 heterocycles. The molecule has 21 heavy (non-hydrogen) atoms. The van der Waals surface area contributed by atoms with Crippen molar-refractivity contribution in [3.63, 3.8) is 0 Å². The maximum Gasteiger partial charge on any atom is 0.244 e. The zero-order valence-corrected chi connectivity index (χ0v) is 13.2. The standard InChI is InChI=1S/C15H18BrFN2O2/c16-13-2-3-14(17)12(11-13)1-4-15(20)18-5-6-19-7-9-21-10-8-19/h1-4,11H,5-10H2,(H,18,20)/b4-1+. The fraction of sp³-hybridized carbons (Fsp3) is 0.400. The number of morpholine rings is 1. The molecule has 0 radical (unpaired) electrons. The van der Waals surface area contributed by atoms with Crippen molar-refractivity contribution in [3.8, 4) is 0 Å². The zero-order valence-electron chi connectivity index (χ0n) is 11.6. The van der Waals surface area contributed by atoms with E-state index in [1.54, 1.807) is 12.1 Å². The molecule has 1 fully saturated rings. The van der Waals surface area contributed by atoms with Crippen LogP contribution in [0.3, 0.4) is 0 Å². The van der Waals surface area contributed by atoms with Crippen molar-refractivity contribution in [2.45, 2.75) is 0 Å². The minimum absolute atomic E-state index is 0.220. The van der Waals surface area contributed by atoms with Crippen LogP contribution < -0.4 is 5.32 Å². The Bertz CT molecular complexity index is 516. The molecule has 2 rings (SSSR count). The van der Waals surface area contributed by atoms with E-state index in [0.29, 0.717) is 12.1 Å². The van der Waals surface area contributed by atoms with E-state index in [1.807, 2.05) is 0 Å². The Hall–Kier alpha value is -1.24. The molecule has 0 atom stereocenters. The molecule has 1 saturated heterocycles. The number of rotatable bonds is 5. The number of carbonyl (C=O) groups is 1. The number of halogens is 2. The predicted molar refractivity (Wildman–Crippen MR) is 83.4 cm³/mol. The van der Waals surface area contributed by atoms with E-state index in [2.05, 4.69) is 26.1 Å². The number of hydrogen-bond acceptors (Lipinski definition) is 3. The predicted octanol–water partition coefficient (Wildman–Crippen LogP) is 2.05. The van der Waals surface area contributed by atoms with Crippen molar-refractivity contribution in [1.29, 1.82) is 0 Å². The van der Waals surface area contributed by atoms with Crippen LogP contribution in [0.15, 0.2) is 28.7 Å². The maximum atomic E-state index is 13.5. The van der Waals surface area contributed by atoms with Crippen LogP contribution in [0.1, 0.15) is 5.56 Å². The zero-order chi connectivity index (χ0) is 15.1. The smallest absolute Gasteiger partial charge is 0.244 e. The Labute approximate surface area is 132 Å². The van der Waals surface area contributed by atoms with Gasteiger partial charge in [0, 0.05) is 42.3 Å². The number of hydrogen-bond donors (Lipinski definition) is 1. The summed E-state index contributed by atoms with van der Waals surface area (Å²) >= 11 is 3.27. The molecular formula is C15H18BrFN2O2. The Balaban J connectivity index is 1.75. The Morgan fingerprint density at radius 2 is 2.19 bits per heavy atom. The average Bonchev–Trinajstić information content (AvgIpc) is 2.49. The number of benzene rings is 1. The highest BCUT2D eigenvalue weighted by atomic mass is 79.9. The minimum Gasteiger partial charge on any atom is -0.379 e. The fourth-order valence-electron chi connectivity index (χ4n) is 2.03. The molecule has 1 N–H and O–H groups in total. The topological polar surface area (TPSA) is 41.6 Å². The second-order valence-electron chi connectivity index (χ2n) is 4.74. The number of nitrogens with one attached hydrogen (secondary N) is 1. The first-order chi connectivity index (χ1) is 10.1. The summed E-state index contributed by atoms with van der Waals surface area (Å²) in [6.07, 6.45) is 2.83. The number of nitrogens with zero attached hydrogens (tertiary/aromatic N) is 1. The first-order valence-electron chi connectivity index (χ1n) is 6.86. The second kappa shape index (κ2) is 8.26. The summed E-state index contributed by atoms with van der Waals surface area (Å²) in [6, 6.07) is 4.61. The maximum absolute atomic E-state index is 13.5. The van der Waals surface area contributed by atoms with Crippen LogP contribution in [0.25, 0.3) is 6.08 Å². The molecule has 0 spiro atoms. The van der Waals surface area contributed by atoms with E-state index < -0.39 is 0 Å². The van der Waals surface area contributed by atoms with Crippen LogP contribution in [-0.2, 0) is 9.53 Å². The van der Waals surface area contributed by atoms with Crippen molar-refractivity contribution < 1.29 is 13.9 Å². The minimum atomic E-state index is -0.351. The molecule has 1 aliphatic rings. The molecule has 0 saturated carbocycles. The molecule has 0 aromatic heterocycles. The van der Waals surface area contributed by atoms with E-state index in [-0.39, 0.29) is 11.7 Å². The quantitative estimate of drug-likeness (QED) is 0.821. The number of amides is 1. The summed E-state index contributed by atoms with van der Waals surface area (Å²) in [5.41, 5.74) is 0.382. The highest BCUT2D eigenvalue weighted by molar-refractivity contribution is 9.10. The van der Waals surface area contributed by atoms with Crippen LogP contribution in [0.2, 0.25) is 0 Å². The van der Waals surface area contributed by atoms with E-state index >= 15 is 0 Å². The van der Waals surface area contributed by atoms with E-state index in [0.717, 1.165) is 37.3 Å². The van der Waals surface area contributed by atoms with Gasteiger partial charge < -0.3 is 10.1 Å². The van der Waals surface area contributed by atoms with Gasteiger partial charge in [0.2, 0.25) is 5.91 Å². The van der Waals surface area contributed by atoms with Crippen LogP contribution in [0, 0.1) is 5.82 Å². The van der Waals surface area contributed by atoms with E-state index in [1.165, 1.54) is 18.2 Å². The van der Waals surface area contributed by atoms with Gasteiger partial charge in [-0.2, -0.15) is 0 Å². The molecule has 0 unspecified atom stereocenters. The molecule has 1 aromatic carbocycles. The van der Waals surface area contributed by atoms with Crippen molar-refractivity contribution in [1.82, 2.24) is 10.2 Å². The van der Waals surface area contributed by atoms with Crippen molar-refractivity contribution in [2.75, 3.05) is 39.4 Å². The Kier molecular flexibility index (Phi) is 6.35. The lowest BCUT2D eigenvalue weighted by molar-refractivity contribution is -0.116. The van der Waals surface area contributed by atoms with Gasteiger partial charge in [-0.3, -0.25) is 9.69 Å². The lowest BCUT2D eigenvalue weighted by Gasteiger charge is -2.26. The van der Waals surface area contributed by atoms with Gasteiger partial charge in [-0.15, -0.1) is 0 Å². The Morgan fingerprint density at radius 1 is 1.43 bits per heavy atom. The Morgan fingerprint density at radius 3 is 2.95 bits per heavy atom. The van der Waals surface area contributed by atoms with Gasteiger partial charge in [0.25, 0.3) is 0 Å². The highest BCUT2D eigenvalue weighted by Gasteiger charge is 2.09.